The molecule has 3 amide bonds. The fourth-order valence-corrected chi connectivity index (χ4v) is 2.63. The van der Waals surface area contributed by atoms with Crippen LogP contribution in [-0.2, 0) is 16.1 Å². The molecule has 1 aromatic rings. The summed E-state index contributed by atoms with van der Waals surface area (Å²) in [5, 5.41) is 13.0. The maximum absolute atomic E-state index is 11.9. The van der Waals surface area contributed by atoms with E-state index >= 15 is 0 Å². The number of hydrogen-bond donors (Lipinski definition) is 2. The molecule has 0 aromatic carbocycles. The molecule has 1 rings (SSSR count). The largest absolute Gasteiger partial charge is 0.481 e. The summed E-state index contributed by atoms with van der Waals surface area (Å²) in [6.45, 7) is 3.79. The van der Waals surface area contributed by atoms with Gasteiger partial charge in [0.15, 0.2) is 0 Å². The first-order valence-electron chi connectivity index (χ1n) is 6.49. The Morgan fingerprint density at radius 2 is 2.00 bits per heavy atom. The monoisotopic (exact) mass is 312 g/mol. The summed E-state index contributed by atoms with van der Waals surface area (Å²) in [4.78, 5) is 36.8. The summed E-state index contributed by atoms with van der Waals surface area (Å²) in [5.41, 5.74) is -0.692. The van der Waals surface area contributed by atoms with Gasteiger partial charge in [0.1, 0.15) is 0 Å². The molecule has 1 aromatic heterocycles. The van der Waals surface area contributed by atoms with Gasteiger partial charge in [-0.1, -0.05) is 19.9 Å². The molecule has 7 heteroatoms. The van der Waals surface area contributed by atoms with Crippen LogP contribution in [0.3, 0.4) is 0 Å². The van der Waals surface area contributed by atoms with Crippen molar-refractivity contribution in [2.24, 2.45) is 5.41 Å². The van der Waals surface area contributed by atoms with Crippen LogP contribution in [0.5, 0.6) is 0 Å². The zero-order chi connectivity index (χ0) is 16.0. The van der Waals surface area contributed by atoms with Crippen LogP contribution in [0.1, 0.15) is 31.6 Å². The van der Waals surface area contributed by atoms with E-state index in [4.69, 9.17) is 5.11 Å². The van der Waals surface area contributed by atoms with Crippen molar-refractivity contribution in [3.63, 3.8) is 0 Å². The van der Waals surface area contributed by atoms with Gasteiger partial charge in [0.05, 0.1) is 13.0 Å². The predicted molar refractivity (Wildman–Crippen MR) is 80.0 cm³/mol. The lowest BCUT2D eigenvalue weighted by Crippen LogP contribution is -2.41. The van der Waals surface area contributed by atoms with Gasteiger partial charge in [0, 0.05) is 18.3 Å². The van der Waals surface area contributed by atoms with Gasteiger partial charge in [-0.05, 0) is 16.9 Å². The quantitative estimate of drug-likeness (QED) is 0.844. The molecule has 0 atom stereocenters. The fourth-order valence-electron chi connectivity index (χ4n) is 1.87. The third-order valence-corrected chi connectivity index (χ3v) is 3.70. The Morgan fingerprint density at radius 1 is 1.33 bits per heavy atom. The second-order valence-electron chi connectivity index (χ2n) is 5.70. The van der Waals surface area contributed by atoms with Gasteiger partial charge < -0.3 is 10.0 Å². The molecule has 0 saturated heterocycles. The number of carboxylic acid groups (broad SMARTS) is 1. The van der Waals surface area contributed by atoms with Gasteiger partial charge in [0.2, 0.25) is 5.91 Å². The zero-order valence-electron chi connectivity index (χ0n) is 12.4. The average Bonchev–Trinajstić information content (AvgIpc) is 2.78. The normalized spacial score (nSPS) is 11.0. The molecule has 0 fully saturated rings. The van der Waals surface area contributed by atoms with E-state index in [-0.39, 0.29) is 12.8 Å². The number of carbonyl (C=O) groups excluding carboxylic acids is 2. The van der Waals surface area contributed by atoms with Crippen LogP contribution in [0, 0.1) is 5.41 Å². The van der Waals surface area contributed by atoms with Crippen LogP contribution in [0.25, 0.3) is 0 Å². The Balaban J connectivity index is 2.46. The molecule has 0 saturated carbocycles. The number of rotatable bonds is 6. The first-order chi connectivity index (χ1) is 9.69. The molecule has 0 aliphatic heterocycles. The number of nitrogens with zero attached hydrogens (tertiary/aromatic N) is 1. The minimum absolute atomic E-state index is 0.0160. The molecule has 2 N–H and O–H groups in total. The van der Waals surface area contributed by atoms with Crippen LogP contribution in [-0.4, -0.2) is 35.0 Å². The molecule has 0 aliphatic rings. The number of nitrogens with one attached hydrogen (secondary N) is 1. The third-order valence-electron chi connectivity index (χ3n) is 2.84. The van der Waals surface area contributed by atoms with Gasteiger partial charge in [-0.3, -0.25) is 14.9 Å². The highest BCUT2D eigenvalue weighted by Crippen LogP contribution is 2.24. The molecule has 0 aliphatic carbocycles. The number of imide groups is 1. The molecule has 21 heavy (non-hydrogen) atoms. The first-order valence-corrected chi connectivity index (χ1v) is 7.37. The molecule has 116 valence electrons. The van der Waals surface area contributed by atoms with Crippen LogP contribution in [0.2, 0.25) is 0 Å². The van der Waals surface area contributed by atoms with Crippen molar-refractivity contribution in [1.29, 1.82) is 0 Å². The van der Waals surface area contributed by atoms with E-state index in [2.05, 4.69) is 5.32 Å². The van der Waals surface area contributed by atoms with Crippen molar-refractivity contribution >= 4 is 29.2 Å². The SMILES string of the molecule is CN(Cc1cccs1)C(=O)NC(=O)CC(C)(C)CC(=O)O. The highest BCUT2D eigenvalue weighted by Gasteiger charge is 2.26. The minimum atomic E-state index is -0.964. The van der Waals surface area contributed by atoms with E-state index in [1.54, 1.807) is 20.9 Å². The second kappa shape index (κ2) is 7.21. The van der Waals surface area contributed by atoms with E-state index in [0.717, 1.165) is 4.88 Å². The lowest BCUT2D eigenvalue weighted by atomic mass is 9.85. The summed E-state index contributed by atoms with van der Waals surface area (Å²) >= 11 is 1.53. The number of thiophene rings is 1. The molecular formula is C14H20N2O4S. The highest BCUT2D eigenvalue weighted by molar-refractivity contribution is 7.09. The van der Waals surface area contributed by atoms with E-state index < -0.39 is 23.3 Å². The molecule has 6 nitrogen and oxygen atoms in total. The van der Waals surface area contributed by atoms with Crippen LogP contribution in [0.15, 0.2) is 17.5 Å². The van der Waals surface area contributed by atoms with Crippen molar-refractivity contribution in [1.82, 2.24) is 10.2 Å². The summed E-state index contributed by atoms with van der Waals surface area (Å²) in [6, 6.07) is 3.32. The van der Waals surface area contributed by atoms with Gasteiger partial charge in [-0.25, -0.2) is 4.79 Å². The zero-order valence-corrected chi connectivity index (χ0v) is 13.2. The number of carboxylic acids is 1. The first kappa shape index (κ1) is 17.2. The van der Waals surface area contributed by atoms with Crippen molar-refractivity contribution in [2.75, 3.05) is 7.05 Å². The summed E-state index contributed by atoms with van der Waals surface area (Å²) in [6.07, 6.45) is -0.141. The lowest BCUT2D eigenvalue weighted by Gasteiger charge is -2.22. The maximum atomic E-state index is 11.9. The van der Waals surface area contributed by atoms with Gasteiger partial charge in [-0.15, -0.1) is 11.3 Å². The number of amides is 3. The van der Waals surface area contributed by atoms with Gasteiger partial charge in [0.25, 0.3) is 0 Å². The Kier molecular flexibility index (Phi) is 5.90. The van der Waals surface area contributed by atoms with Crippen molar-refractivity contribution in [3.05, 3.63) is 22.4 Å². The summed E-state index contributed by atoms with van der Waals surface area (Å²) in [7, 11) is 1.60. The standard InChI is InChI=1S/C14H20N2O4S/c1-14(2,8-12(18)19)7-11(17)15-13(20)16(3)9-10-5-4-6-21-10/h4-6H,7-9H2,1-3H3,(H,18,19)(H,15,17,20). The average molecular weight is 312 g/mol. The molecule has 0 bridgehead atoms. The second-order valence-corrected chi connectivity index (χ2v) is 6.73. The lowest BCUT2D eigenvalue weighted by molar-refractivity contribution is -0.139. The van der Waals surface area contributed by atoms with Crippen molar-refractivity contribution < 1.29 is 19.5 Å². The van der Waals surface area contributed by atoms with E-state index in [9.17, 15) is 14.4 Å². The number of carbonyl (C=O) groups is 3. The number of urea groups is 1. The molecule has 0 spiro atoms. The Hall–Kier alpha value is -1.89. The van der Waals surface area contributed by atoms with E-state index in [1.807, 2.05) is 17.5 Å². The van der Waals surface area contributed by atoms with E-state index in [1.165, 1.54) is 16.2 Å². The molecule has 0 radical (unpaired) electrons. The Bertz CT molecular complexity index is 511. The van der Waals surface area contributed by atoms with Gasteiger partial charge in [-0.2, -0.15) is 0 Å². The smallest absolute Gasteiger partial charge is 0.324 e. The minimum Gasteiger partial charge on any atom is -0.481 e. The van der Waals surface area contributed by atoms with Gasteiger partial charge >= 0.3 is 12.0 Å². The highest BCUT2D eigenvalue weighted by atomic mass is 32.1. The Labute approximate surface area is 127 Å². The topological polar surface area (TPSA) is 86.7 Å². The maximum Gasteiger partial charge on any atom is 0.324 e. The predicted octanol–water partition coefficient (Wildman–Crippen LogP) is 2.31. The Morgan fingerprint density at radius 3 is 2.52 bits per heavy atom. The van der Waals surface area contributed by atoms with Crippen LogP contribution < -0.4 is 5.32 Å². The van der Waals surface area contributed by atoms with Crippen LogP contribution >= 0.6 is 11.3 Å². The van der Waals surface area contributed by atoms with E-state index in [0.29, 0.717) is 6.54 Å². The molecular weight excluding hydrogens is 292 g/mol. The number of hydrogen-bond acceptors (Lipinski definition) is 4. The van der Waals surface area contributed by atoms with Crippen molar-refractivity contribution in [3.8, 4) is 0 Å². The summed E-state index contributed by atoms with van der Waals surface area (Å²) < 4.78 is 0. The third kappa shape index (κ3) is 6.40. The fraction of sp³-hybridized carbons (Fsp3) is 0.500. The summed E-state index contributed by atoms with van der Waals surface area (Å²) in [5.74, 6) is -1.43. The van der Waals surface area contributed by atoms with Crippen molar-refractivity contribution in [2.45, 2.75) is 33.2 Å². The molecule has 0 unspecified atom stereocenters. The van der Waals surface area contributed by atoms with Crippen LogP contribution in [0.4, 0.5) is 4.79 Å². The molecule has 1 heterocycles. The number of aliphatic carboxylic acids is 1.